The molecule has 2 heterocycles. The molecule has 2 aliphatic heterocycles. The largest absolute Gasteiger partial charge is 0.493 e. The Morgan fingerprint density at radius 2 is 1.86 bits per heavy atom. The molecular formula is C22H36ClN3O2. The second-order valence-corrected chi connectivity index (χ2v) is 9.05. The van der Waals surface area contributed by atoms with E-state index in [1.165, 1.54) is 45.6 Å². The topological polar surface area (TPSA) is 28.2 Å². The Bertz CT molecular complexity index is 632. The molecule has 0 saturated carbocycles. The first kappa shape index (κ1) is 21.7. The van der Waals surface area contributed by atoms with E-state index in [2.05, 4.69) is 21.7 Å². The summed E-state index contributed by atoms with van der Waals surface area (Å²) in [5, 5.41) is 0.703. The van der Waals surface area contributed by atoms with Gasteiger partial charge in [0.1, 0.15) is 0 Å². The summed E-state index contributed by atoms with van der Waals surface area (Å²) in [5.41, 5.74) is 1.12. The van der Waals surface area contributed by atoms with Crippen molar-refractivity contribution in [3.63, 3.8) is 0 Å². The molecule has 2 aliphatic rings. The molecule has 0 N–H and O–H groups in total. The smallest absolute Gasteiger partial charge is 0.166 e. The lowest BCUT2D eigenvalue weighted by atomic mass is 9.96. The Kier molecular flexibility index (Phi) is 7.86. The maximum absolute atomic E-state index is 6.36. The van der Waals surface area contributed by atoms with Crippen molar-refractivity contribution in [2.75, 3.05) is 60.0 Å². The Morgan fingerprint density at radius 1 is 1.11 bits per heavy atom. The van der Waals surface area contributed by atoms with Crippen LogP contribution in [0, 0.1) is 5.92 Å². The Labute approximate surface area is 175 Å². The van der Waals surface area contributed by atoms with Gasteiger partial charge in [0.05, 0.1) is 13.2 Å². The number of likely N-dealkylation sites (N-methyl/N-ethyl adjacent to an activating group) is 1. The van der Waals surface area contributed by atoms with E-state index < -0.39 is 0 Å². The molecule has 0 bridgehead atoms. The average molecular weight is 410 g/mol. The number of rotatable bonds is 7. The van der Waals surface area contributed by atoms with Crippen molar-refractivity contribution in [3.05, 3.63) is 22.7 Å². The second kappa shape index (κ2) is 10.1. The summed E-state index contributed by atoms with van der Waals surface area (Å²) < 4.78 is 11.6. The minimum Gasteiger partial charge on any atom is -0.493 e. The van der Waals surface area contributed by atoms with Gasteiger partial charge in [-0.25, -0.2) is 0 Å². The molecular weight excluding hydrogens is 374 g/mol. The average Bonchev–Trinajstić information content (AvgIpc) is 2.65. The standard InChI is InChI=1S/C22H36ClN3O2/c1-17(2)28-22-19(12-20(23)13-21(22)27-4)16-26-7-5-6-18(15-26)14-25-10-8-24(3)9-11-25/h12-13,17-18H,5-11,14-16H2,1-4H3. The summed E-state index contributed by atoms with van der Waals surface area (Å²) >= 11 is 6.36. The fraction of sp³-hybridized carbons (Fsp3) is 0.727. The van der Waals surface area contributed by atoms with Gasteiger partial charge < -0.3 is 19.3 Å². The van der Waals surface area contributed by atoms with E-state index >= 15 is 0 Å². The van der Waals surface area contributed by atoms with Gasteiger partial charge in [0.2, 0.25) is 0 Å². The number of methoxy groups -OCH3 is 1. The summed E-state index contributed by atoms with van der Waals surface area (Å²) in [6.07, 6.45) is 2.69. The number of hydrogen-bond acceptors (Lipinski definition) is 5. The lowest BCUT2D eigenvalue weighted by molar-refractivity contribution is 0.0958. The van der Waals surface area contributed by atoms with E-state index in [0.29, 0.717) is 5.02 Å². The van der Waals surface area contributed by atoms with E-state index in [-0.39, 0.29) is 6.10 Å². The van der Waals surface area contributed by atoms with Crippen molar-refractivity contribution in [1.29, 1.82) is 0 Å². The van der Waals surface area contributed by atoms with Crippen LogP contribution >= 0.6 is 11.6 Å². The Balaban J connectivity index is 1.65. The third-order valence-corrected chi connectivity index (χ3v) is 6.00. The van der Waals surface area contributed by atoms with Gasteiger partial charge >= 0.3 is 0 Å². The van der Waals surface area contributed by atoms with Crippen molar-refractivity contribution >= 4 is 11.6 Å². The molecule has 1 aromatic carbocycles. The molecule has 0 aromatic heterocycles. The van der Waals surface area contributed by atoms with Gasteiger partial charge in [0.25, 0.3) is 0 Å². The Hall–Kier alpha value is -1.01. The molecule has 0 radical (unpaired) electrons. The molecule has 6 heteroatoms. The molecule has 158 valence electrons. The highest BCUT2D eigenvalue weighted by atomic mass is 35.5. The second-order valence-electron chi connectivity index (χ2n) is 8.61. The first-order valence-corrected chi connectivity index (χ1v) is 11.0. The number of piperidine rings is 1. The highest BCUT2D eigenvalue weighted by molar-refractivity contribution is 6.30. The predicted molar refractivity (Wildman–Crippen MR) is 116 cm³/mol. The summed E-state index contributed by atoms with van der Waals surface area (Å²) in [5.74, 6) is 2.30. The fourth-order valence-electron chi connectivity index (χ4n) is 4.34. The van der Waals surface area contributed by atoms with Crippen molar-refractivity contribution in [2.45, 2.75) is 39.3 Å². The number of ether oxygens (including phenoxy) is 2. The van der Waals surface area contributed by atoms with Gasteiger partial charge in [0, 0.05) is 62.5 Å². The molecule has 1 aromatic rings. The van der Waals surface area contributed by atoms with Crippen LogP contribution in [-0.4, -0.2) is 80.8 Å². The van der Waals surface area contributed by atoms with Gasteiger partial charge in [-0.3, -0.25) is 4.90 Å². The lowest BCUT2D eigenvalue weighted by Gasteiger charge is -2.38. The first-order chi connectivity index (χ1) is 13.4. The maximum Gasteiger partial charge on any atom is 0.166 e. The quantitative estimate of drug-likeness (QED) is 0.686. The molecule has 1 unspecified atom stereocenters. The third kappa shape index (κ3) is 5.99. The fourth-order valence-corrected chi connectivity index (χ4v) is 4.57. The van der Waals surface area contributed by atoms with E-state index in [1.807, 2.05) is 26.0 Å². The van der Waals surface area contributed by atoms with Gasteiger partial charge in [0.15, 0.2) is 11.5 Å². The van der Waals surface area contributed by atoms with Crippen LogP contribution < -0.4 is 9.47 Å². The molecule has 3 rings (SSSR count). The number of halogens is 1. The summed E-state index contributed by atoms with van der Waals surface area (Å²) in [6, 6.07) is 3.88. The van der Waals surface area contributed by atoms with E-state index in [4.69, 9.17) is 21.1 Å². The number of piperazine rings is 1. The first-order valence-electron chi connectivity index (χ1n) is 10.6. The molecule has 5 nitrogen and oxygen atoms in total. The van der Waals surface area contributed by atoms with Crippen LogP contribution in [0.1, 0.15) is 32.3 Å². The van der Waals surface area contributed by atoms with Crippen molar-refractivity contribution in [1.82, 2.24) is 14.7 Å². The van der Waals surface area contributed by atoms with Crippen LogP contribution in [0.3, 0.4) is 0 Å². The zero-order valence-electron chi connectivity index (χ0n) is 17.9. The summed E-state index contributed by atoms with van der Waals surface area (Å²) in [6.45, 7) is 13.2. The molecule has 1 atom stereocenters. The SMILES string of the molecule is COc1cc(Cl)cc(CN2CCCC(CN3CCN(C)CC3)C2)c1OC(C)C. The monoisotopic (exact) mass is 409 g/mol. The minimum absolute atomic E-state index is 0.0974. The van der Waals surface area contributed by atoms with E-state index in [0.717, 1.165) is 42.6 Å². The minimum atomic E-state index is 0.0974. The van der Waals surface area contributed by atoms with Gasteiger partial charge in [-0.15, -0.1) is 0 Å². The normalized spacial score (nSPS) is 22.6. The zero-order chi connectivity index (χ0) is 20.1. The van der Waals surface area contributed by atoms with Crippen LogP contribution in [0.15, 0.2) is 12.1 Å². The molecule has 0 amide bonds. The molecule has 2 saturated heterocycles. The van der Waals surface area contributed by atoms with Crippen molar-refractivity contribution < 1.29 is 9.47 Å². The number of hydrogen-bond donors (Lipinski definition) is 0. The summed E-state index contributed by atoms with van der Waals surface area (Å²) in [7, 11) is 3.89. The van der Waals surface area contributed by atoms with Crippen LogP contribution in [0.5, 0.6) is 11.5 Å². The highest BCUT2D eigenvalue weighted by Crippen LogP contribution is 2.36. The van der Waals surface area contributed by atoms with Gasteiger partial charge in [-0.2, -0.15) is 0 Å². The van der Waals surface area contributed by atoms with E-state index in [9.17, 15) is 0 Å². The molecule has 2 fully saturated rings. The number of nitrogens with zero attached hydrogens (tertiary/aromatic N) is 3. The van der Waals surface area contributed by atoms with Crippen molar-refractivity contribution in [2.24, 2.45) is 5.92 Å². The zero-order valence-corrected chi connectivity index (χ0v) is 18.7. The predicted octanol–water partition coefficient (Wildman–Crippen LogP) is 3.60. The number of benzene rings is 1. The molecule has 28 heavy (non-hydrogen) atoms. The van der Waals surface area contributed by atoms with E-state index in [1.54, 1.807) is 7.11 Å². The third-order valence-electron chi connectivity index (χ3n) is 5.78. The van der Waals surface area contributed by atoms with Crippen LogP contribution in [-0.2, 0) is 6.54 Å². The van der Waals surface area contributed by atoms with Gasteiger partial charge in [-0.05, 0) is 52.3 Å². The maximum atomic E-state index is 6.36. The van der Waals surface area contributed by atoms with Crippen molar-refractivity contribution in [3.8, 4) is 11.5 Å². The molecule has 0 aliphatic carbocycles. The lowest BCUT2D eigenvalue weighted by Crippen LogP contribution is -2.48. The van der Waals surface area contributed by atoms with Gasteiger partial charge in [-0.1, -0.05) is 11.6 Å². The highest BCUT2D eigenvalue weighted by Gasteiger charge is 2.25. The van der Waals surface area contributed by atoms with Crippen LogP contribution in [0.25, 0.3) is 0 Å². The van der Waals surface area contributed by atoms with Crippen LogP contribution in [0.4, 0.5) is 0 Å². The molecule has 0 spiro atoms. The Morgan fingerprint density at radius 3 is 2.54 bits per heavy atom. The van der Waals surface area contributed by atoms with Crippen LogP contribution in [0.2, 0.25) is 5.02 Å². The number of likely N-dealkylation sites (tertiary alicyclic amines) is 1. The summed E-state index contributed by atoms with van der Waals surface area (Å²) in [4.78, 5) is 7.62.